The third-order valence-electron chi connectivity index (χ3n) is 11.8. The first-order valence-electron chi connectivity index (χ1n) is 20.6. The molecule has 1 saturated carbocycles. The van der Waals surface area contributed by atoms with E-state index < -0.39 is 195 Å². The predicted octanol–water partition coefficient (Wildman–Crippen LogP) is 14.3. The second kappa shape index (κ2) is 20.3. The topological polar surface area (TPSA) is 17.1 Å². The van der Waals surface area contributed by atoms with Crippen molar-refractivity contribution in [2.75, 3.05) is 12.0 Å². The molecular weight excluding hydrogens is 1070 g/mol. The molecule has 1 atom stereocenters. The molecule has 1 unspecified atom stereocenters. The second-order valence-corrected chi connectivity index (χ2v) is 19.1. The highest BCUT2D eigenvalue weighted by Crippen LogP contribution is 2.41. The summed E-state index contributed by atoms with van der Waals surface area (Å²) in [6, 6.07) is 0.879. The highest BCUT2D eigenvalue weighted by molar-refractivity contribution is 7.97. The van der Waals surface area contributed by atoms with Crippen molar-refractivity contribution < 1.29 is 110 Å². The largest absolute Gasteiger partial charge is 0.416 e. The molecule has 5 aromatic carbocycles. The molecule has 0 radical (unpaired) electrons. The molecule has 1 aliphatic rings. The molecule has 0 spiro atoms. The van der Waals surface area contributed by atoms with E-state index in [1.165, 1.54) is 25.7 Å². The zero-order valence-electron chi connectivity index (χ0n) is 36.4. The molecule has 0 N–H and O–H groups in total. The van der Waals surface area contributed by atoms with Gasteiger partial charge >= 0.3 is 49.4 Å². The molecule has 0 amide bonds. The number of rotatable bonds is 8. The van der Waals surface area contributed by atoms with Gasteiger partial charge in [-0.3, -0.25) is 4.79 Å². The van der Waals surface area contributed by atoms with Gasteiger partial charge in [-0.15, -0.1) is 0 Å². The zero-order valence-corrected chi connectivity index (χ0v) is 37.2. The lowest BCUT2D eigenvalue weighted by molar-refractivity contribution is -0.144. The molecule has 0 heterocycles. The number of Topliss-reactive ketones (excluding diaryl/α,β-unsaturated/α-hetero) is 1. The van der Waals surface area contributed by atoms with E-state index in [-0.39, 0.29) is 10.9 Å². The lowest BCUT2D eigenvalue weighted by Gasteiger charge is -2.46. The molecule has 5 aromatic rings. The summed E-state index contributed by atoms with van der Waals surface area (Å²) in [5.41, 5.74) is -29.3. The summed E-state index contributed by atoms with van der Waals surface area (Å²) in [6.45, 7) is 0. The molecule has 1 nitrogen and oxygen atoms in total. The van der Waals surface area contributed by atoms with Gasteiger partial charge in [-0.2, -0.15) is 127 Å². The van der Waals surface area contributed by atoms with Gasteiger partial charge in [-0.1, -0.05) is 78.9 Å². The Morgan fingerprint density at radius 3 is 0.822 bits per heavy atom. The maximum absolute atomic E-state index is 14.2. The van der Waals surface area contributed by atoms with Gasteiger partial charge in [0.2, 0.25) is 5.78 Å². The maximum atomic E-state index is 14.2. The van der Waals surface area contributed by atoms with Gasteiger partial charge in [0.05, 0.1) is 50.8 Å². The van der Waals surface area contributed by atoms with Gasteiger partial charge in [0.1, 0.15) is 11.4 Å². The van der Waals surface area contributed by atoms with Gasteiger partial charge in [-0.25, -0.2) is 0 Å². The lowest BCUT2D eigenvalue weighted by Crippen LogP contribution is -2.75. The first-order valence-corrected chi connectivity index (χ1v) is 22.5. The normalized spacial score (nSPS) is 15.2. The summed E-state index contributed by atoms with van der Waals surface area (Å²) in [4.78, 5) is 12.0. The smallest absolute Gasteiger partial charge is 0.289 e. The Morgan fingerprint density at radius 2 is 0.616 bits per heavy atom. The van der Waals surface area contributed by atoms with Gasteiger partial charge in [0.15, 0.2) is 5.75 Å². The second-order valence-electron chi connectivity index (χ2n) is 16.8. The number of carbonyl (C=O) groups excluding carboxylic acids is 1. The van der Waals surface area contributed by atoms with Crippen molar-refractivity contribution in [3.63, 3.8) is 0 Å². The average molecular weight is 1100 g/mol. The van der Waals surface area contributed by atoms with E-state index in [9.17, 15) is 110 Å². The Morgan fingerprint density at radius 1 is 0.397 bits per heavy atom. The minimum atomic E-state index is -6.13. The van der Waals surface area contributed by atoms with Gasteiger partial charge in [0.25, 0.3) is 0 Å². The van der Waals surface area contributed by atoms with E-state index in [1.807, 2.05) is 30.3 Å². The Bertz CT molecular complexity index is 2320. The molecule has 1 aliphatic carbocycles. The van der Waals surface area contributed by atoms with Crippen LogP contribution >= 0.6 is 0 Å². The summed E-state index contributed by atoms with van der Waals surface area (Å²) in [5.74, 6) is 1.06. The Labute approximate surface area is 399 Å². The fourth-order valence-electron chi connectivity index (χ4n) is 8.39. The van der Waals surface area contributed by atoms with E-state index in [0.717, 1.165) is 16.6 Å². The highest BCUT2D eigenvalue weighted by atomic mass is 32.2. The quantitative estimate of drug-likeness (QED) is 0.0655. The minimum Gasteiger partial charge on any atom is -0.289 e. The number of carbonyl (C=O) groups is 1. The number of benzene rings is 5. The van der Waals surface area contributed by atoms with Crippen LogP contribution in [0, 0.1) is 0 Å². The summed E-state index contributed by atoms with van der Waals surface area (Å²) >= 11 is 0. The highest BCUT2D eigenvalue weighted by Gasteiger charge is 2.47. The fraction of sp³-hybridized carbons (Fsp3) is 0.326. The van der Waals surface area contributed by atoms with Gasteiger partial charge in [0, 0.05) is 5.56 Å². The molecule has 398 valence electrons. The van der Waals surface area contributed by atoms with Crippen LogP contribution in [0.1, 0.15) is 80.5 Å². The third kappa shape index (κ3) is 13.8. The van der Waals surface area contributed by atoms with Crippen molar-refractivity contribution in [1.29, 1.82) is 0 Å². The van der Waals surface area contributed by atoms with Crippen LogP contribution in [0.2, 0.25) is 0 Å². The number of ketones is 1. The Kier molecular flexibility index (Phi) is 16.3. The molecule has 0 aromatic heterocycles. The average Bonchev–Trinajstić information content (AvgIpc) is 3.80. The first-order chi connectivity index (χ1) is 33.0. The summed E-state index contributed by atoms with van der Waals surface area (Å²) in [5, 5.41) is 0.813. The SMILES string of the molecule is C[S+](CC(=O)c1ccccc1)C1CCCC1.FC(F)(F)c1cc([B-](c2cc(C(F)(F)F)cc(C(F)(F)F)c2)(c2cc(C(F)(F)F)cc(C(F)(F)F)c2)c2cc(C(F)(F)F)cc(C(F)(F)F)c2)cc(C(F)(F)F)c1. The number of alkyl halides is 24. The van der Waals surface area contributed by atoms with Crippen molar-refractivity contribution in [3.05, 3.63) is 153 Å². The number of hydrogen-bond donors (Lipinski definition) is 0. The predicted molar refractivity (Wildman–Crippen MR) is 221 cm³/mol. The van der Waals surface area contributed by atoms with Crippen LogP contribution < -0.4 is 21.9 Å². The summed E-state index contributed by atoms with van der Waals surface area (Å²) in [7, 11) is 0.275. The Balaban J connectivity index is 0.000000520. The number of halogens is 24. The first kappa shape index (κ1) is 58.4. The molecule has 0 bridgehead atoms. The van der Waals surface area contributed by atoms with E-state index in [1.54, 1.807) is 0 Å². The third-order valence-corrected chi connectivity index (χ3v) is 14.1. The van der Waals surface area contributed by atoms with Gasteiger partial charge < -0.3 is 0 Å². The van der Waals surface area contributed by atoms with Crippen LogP contribution in [0.25, 0.3) is 0 Å². The van der Waals surface area contributed by atoms with Crippen molar-refractivity contribution in [3.8, 4) is 0 Å². The molecule has 6 rings (SSSR count). The fourth-order valence-corrected chi connectivity index (χ4v) is 10.3. The van der Waals surface area contributed by atoms with E-state index in [2.05, 4.69) is 6.26 Å². The molecular formula is C46H31BF24OS. The van der Waals surface area contributed by atoms with Crippen LogP contribution in [-0.2, 0) is 60.3 Å². The number of hydrogen-bond acceptors (Lipinski definition) is 1. The van der Waals surface area contributed by atoms with Crippen molar-refractivity contribution in [2.24, 2.45) is 0 Å². The van der Waals surface area contributed by atoms with Crippen LogP contribution in [0.5, 0.6) is 0 Å². The molecule has 0 aliphatic heterocycles. The molecule has 0 saturated heterocycles. The van der Waals surface area contributed by atoms with Crippen LogP contribution in [0.3, 0.4) is 0 Å². The van der Waals surface area contributed by atoms with E-state index in [0.29, 0.717) is 5.78 Å². The zero-order chi connectivity index (χ0) is 55.3. The lowest BCUT2D eigenvalue weighted by atomic mass is 9.12. The molecule has 73 heavy (non-hydrogen) atoms. The van der Waals surface area contributed by atoms with Crippen molar-refractivity contribution in [1.82, 2.24) is 0 Å². The van der Waals surface area contributed by atoms with Crippen molar-refractivity contribution >= 4 is 44.7 Å². The van der Waals surface area contributed by atoms with Crippen LogP contribution in [0.4, 0.5) is 105 Å². The monoisotopic (exact) mass is 1100 g/mol. The van der Waals surface area contributed by atoms with Crippen molar-refractivity contribution in [2.45, 2.75) is 80.3 Å². The van der Waals surface area contributed by atoms with E-state index >= 15 is 0 Å². The van der Waals surface area contributed by atoms with Gasteiger partial charge in [-0.05, 0) is 60.8 Å². The minimum absolute atomic E-state index is 0.275. The Hall–Kier alpha value is -5.50. The molecule has 1 fully saturated rings. The standard InChI is InChI=1S/C32H12BF24.C14H19OS/c34-25(35,36)13-1-14(26(37,38)39)6-21(5-13)33(22-7-15(27(40,41)42)2-16(8-22)28(43,44)45,23-9-17(29(46,47)48)3-18(10-23)30(49,50)51)24-11-19(31(52,53)54)4-20(12-24)32(55,56)57;1-16(13-9-5-6-10-13)11-14(15)12-7-3-2-4-8-12/h1-12H;2-4,7-8,13H,5-6,9-11H2,1H3/q-1;+1. The summed E-state index contributed by atoms with van der Waals surface area (Å²) in [6.07, 6.45) is -47.2. The maximum Gasteiger partial charge on any atom is 0.416 e. The molecule has 27 heteroatoms. The summed E-state index contributed by atoms with van der Waals surface area (Å²) < 4.78 is 341. The van der Waals surface area contributed by atoms with E-state index in [4.69, 9.17) is 0 Å². The van der Waals surface area contributed by atoms with Crippen LogP contribution in [0.15, 0.2) is 103 Å². The van der Waals surface area contributed by atoms with Crippen LogP contribution in [-0.4, -0.2) is 29.2 Å².